The van der Waals surface area contributed by atoms with Gasteiger partial charge in [-0.3, -0.25) is 0 Å². The minimum atomic E-state index is -0.216. The maximum atomic E-state index is 11.8. The molecule has 4 aromatic rings. The number of anilines is 4. The Labute approximate surface area is 333 Å². The van der Waals surface area contributed by atoms with E-state index in [-0.39, 0.29) is 23.3 Å². The number of aromatic nitrogens is 4. The van der Waals surface area contributed by atoms with E-state index in [0.29, 0.717) is 37.4 Å². The second-order valence-corrected chi connectivity index (χ2v) is 16.3. The van der Waals surface area contributed by atoms with Gasteiger partial charge < -0.3 is 45.1 Å². The van der Waals surface area contributed by atoms with Crippen molar-refractivity contribution in [3.05, 3.63) is 59.7 Å². The van der Waals surface area contributed by atoms with Crippen LogP contribution >= 0.6 is 0 Å². The molecular weight excluding hydrogens is 723 g/mol. The first kappa shape index (κ1) is 37.4. The molecule has 2 aliphatic carbocycles. The largest absolute Gasteiger partial charge is 0.471 e. The highest BCUT2D eigenvalue weighted by molar-refractivity contribution is 5.89. The molecule has 2 amide bonds. The predicted molar refractivity (Wildman–Crippen MR) is 219 cm³/mol. The monoisotopic (exact) mass is 775 g/mol. The minimum Gasteiger partial charge on any atom is -0.471 e. The van der Waals surface area contributed by atoms with Crippen LogP contribution in [-0.2, 0) is 22.3 Å². The van der Waals surface area contributed by atoms with E-state index in [4.69, 9.17) is 44.6 Å². The van der Waals surface area contributed by atoms with Gasteiger partial charge >= 0.3 is 6.03 Å². The van der Waals surface area contributed by atoms with Crippen molar-refractivity contribution < 1.29 is 23.7 Å². The summed E-state index contributed by atoms with van der Waals surface area (Å²) >= 11 is 0. The average molecular weight is 776 g/mol. The van der Waals surface area contributed by atoms with Crippen molar-refractivity contribution in [1.29, 1.82) is 0 Å². The third kappa shape index (κ3) is 7.89. The van der Waals surface area contributed by atoms with E-state index in [1.54, 1.807) is 0 Å². The predicted octanol–water partition coefficient (Wildman–Crippen LogP) is 6.18. The van der Waals surface area contributed by atoms with Crippen molar-refractivity contribution in [1.82, 2.24) is 25.3 Å². The number of carbonyl (C=O) groups is 1. The third-order valence-electron chi connectivity index (χ3n) is 12.0. The summed E-state index contributed by atoms with van der Waals surface area (Å²) in [6.45, 7) is 11.3. The van der Waals surface area contributed by atoms with Gasteiger partial charge in [0.1, 0.15) is 22.8 Å². The number of ether oxygens (including phenoxy) is 4. The Morgan fingerprint density at radius 2 is 1.19 bits per heavy atom. The summed E-state index contributed by atoms with van der Waals surface area (Å²) in [4.78, 5) is 36.0. The summed E-state index contributed by atoms with van der Waals surface area (Å²) in [6, 6.07) is 15.7. The Morgan fingerprint density at radius 3 is 1.63 bits per heavy atom. The fraction of sp³-hybridized carbons (Fsp3) is 0.512. The van der Waals surface area contributed by atoms with Gasteiger partial charge in [-0.05, 0) is 121 Å². The lowest BCUT2D eigenvalue weighted by Crippen LogP contribution is -2.45. The molecule has 6 aliphatic rings. The number of rotatable bonds is 6. The van der Waals surface area contributed by atoms with Gasteiger partial charge in [0, 0.05) is 42.1 Å². The maximum Gasteiger partial charge on any atom is 0.319 e. The van der Waals surface area contributed by atoms with E-state index in [9.17, 15) is 4.79 Å². The molecule has 2 saturated carbocycles. The number of benzene rings is 2. The van der Waals surface area contributed by atoms with Crippen LogP contribution in [0.15, 0.2) is 48.5 Å². The molecule has 14 nitrogen and oxygen atoms in total. The van der Waals surface area contributed by atoms with Crippen LogP contribution in [0, 0.1) is 0 Å². The van der Waals surface area contributed by atoms with Gasteiger partial charge in [0.15, 0.2) is 11.6 Å². The van der Waals surface area contributed by atoms with E-state index < -0.39 is 0 Å². The van der Waals surface area contributed by atoms with Crippen LogP contribution in [0.3, 0.4) is 0 Å². The van der Waals surface area contributed by atoms with Crippen LogP contribution in [0.25, 0.3) is 22.8 Å². The van der Waals surface area contributed by atoms with Crippen molar-refractivity contribution >= 4 is 29.0 Å². The third-order valence-corrected chi connectivity index (χ3v) is 12.0. The number of nitrogen functional groups attached to an aromatic ring is 1. The zero-order valence-corrected chi connectivity index (χ0v) is 33.2. The Morgan fingerprint density at radius 1 is 0.719 bits per heavy atom. The number of fused-ring (bicyclic) bond motifs is 2. The van der Waals surface area contributed by atoms with Crippen LogP contribution in [0.2, 0.25) is 0 Å². The smallest absolute Gasteiger partial charge is 0.319 e. The summed E-state index contributed by atoms with van der Waals surface area (Å²) in [5.41, 5.74) is 11.4. The summed E-state index contributed by atoms with van der Waals surface area (Å²) in [5.74, 6) is 4.82. The van der Waals surface area contributed by atoms with E-state index in [1.807, 2.05) is 55.5 Å². The minimum absolute atomic E-state index is 0.00701. The molecule has 4 fully saturated rings. The molecule has 2 aromatic carbocycles. The molecular formula is C43H53N9O5. The number of hydrogen-bond acceptors (Lipinski definition) is 12. The lowest BCUT2D eigenvalue weighted by atomic mass is 10.0. The van der Waals surface area contributed by atoms with Crippen LogP contribution in [0.1, 0.15) is 70.4 Å². The van der Waals surface area contributed by atoms with Gasteiger partial charge in [-0.15, -0.1) is 0 Å². The number of morpholine rings is 2. The molecule has 10 rings (SSSR count). The molecule has 6 heterocycles. The molecule has 0 bridgehead atoms. The number of hydrogen-bond donors (Lipinski definition) is 3. The van der Waals surface area contributed by atoms with Gasteiger partial charge in [-0.1, -0.05) is 0 Å². The molecule has 14 heteroatoms. The van der Waals surface area contributed by atoms with Gasteiger partial charge in [-0.25, -0.2) is 14.8 Å². The summed E-state index contributed by atoms with van der Waals surface area (Å²) in [6.07, 6.45) is 8.52. The number of nitrogens with two attached hydrogens (primary N) is 1. The number of carbonyl (C=O) groups excluding carboxylic acids is 1. The van der Waals surface area contributed by atoms with Gasteiger partial charge in [-0.2, -0.15) is 9.97 Å². The second kappa shape index (κ2) is 15.3. The molecule has 57 heavy (non-hydrogen) atoms. The van der Waals surface area contributed by atoms with Gasteiger partial charge in [0.2, 0.25) is 11.8 Å². The van der Waals surface area contributed by atoms with E-state index in [2.05, 4.69) is 34.3 Å². The normalized spacial score (nSPS) is 22.2. The quantitative estimate of drug-likeness (QED) is 0.191. The topological polar surface area (TPSA) is 162 Å². The van der Waals surface area contributed by atoms with Crippen molar-refractivity contribution in [3.8, 4) is 34.5 Å². The number of urea groups is 1. The standard InChI is InChI=1S/C23H29N5O3.C20H24N4O2/c1-3-24-22(29)25-17-6-4-16(5-7-17)19-26-20(28-12-13-30-14-15(28)2)18-8-9-23(10-11-23)31-21(18)27-19;1-13-12-25-11-10-24(13)18-16-6-7-20(8-9-20)26-19(16)23-17(22-18)14-2-4-15(21)5-3-14/h4-7,15H,3,8-14H2,1-2H3,(H2,24,25,29);2-5,13H,6-12,21H2,1H3/t15-;13-/m00/s1. The number of nitrogens with zero attached hydrogens (tertiary/aromatic N) is 6. The van der Waals surface area contributed by atoms with Gasteiger partial charge in [0.25, 0.3) is 0 Å². The molecule has 2 atom stereocenters. The van der Waals surface area contributed by atoms with E-state index in [1.165, 1.54) is 0 Å². The molecule has 4 N–H and O–H groups in total. The lowest BCUT2D eigenvalue weighted by Gasteiger charge is -2.37. The number of amides is 2. The Bertz CT molecular complexity index is 2110. The fourth-order valence-electron chi connectivity index (χ4n) is 8.20. The first-order valence-corrected chi connectivity index (χ1v) is 20.6. The van der Waals surface area contributed by atoms with Crippen LogP contribution < -0.4 is 35.6 Å². The molecule has 2 saturated heterocycles. The second-order valence-electron chi connectivity index (χ2n) is 16.3. The number of nitrogens with one attached hydrogen (secondary N) is 2. The average Bonchev–Trinajstić information content (AvgIpc) is 4.16. The van der Waals surface area contributed by atoms with E-state index in [0.717, 1.165) is 135 Å². The Kier molecular flexibility index (Phi) is 10.0. The van der Waals surface area contributed by atoms with Crippen molar-refractivity contribution in [2.75, 3.05) is 66.9 Å². The fourth-order valence-corrected chi connectivity index (χ4v) is 8.20. The summed E-state index contributed by atoms with van der Waals surface area (Å²) < 4.78 is 24.0. The van der Waals surface area contributed by atoms with Crippen molar-refractivity contribution in [2.45, 2.75) is 95.4 Å². The first-order valence-electron chi connectivity index (χ1n) is 20.6. The molecule has 2 spiro atoms. The van der Waals surface area contributed by atoms with Gasteiger partial charge in [0.05, 0.1) is 49.6 Å². The molecule has 300 valence electrons. The van der Waals surface area contributed by atoms with Crippen LogP contribution in [0.5, 0.6) is 11.8 Å². The van der Waals surface area contributed by atoms with E-state index >= 15 is 0 Å². The zero-order valence-electron chi connectivity index (χ0n) is 33.2. The highest BCUT2D eigenvalue weighted by Crippen LogP contribution is 2.51. The van der Waals surface area contributed by atoms with Crippen molar-refractivity contribution in [2.24, 2.45) is 0 Å². The Balaban J connectivity index is 0.000000150. The molecule has 4 aliphatic heterocycles. The van der Waals surface area contributed by atoms with Crippen molar-refractivity contribution in [3.63, 3.8) is 0 Å². The first-order chi connectivity index (χ1) is 27.7. The van der Waals surface area contributed by atoms with Crippen LogP contribution in [-0.4, -0.2) is 95.3 Å². The highest BCUT2D eigenvalue weighted by Gasteiger charge is 2.50. The summed E-state index contributed by atoms with van der Waals surface area (Å²) in [7, 11) is 0. The Hall–Kier alpha value is -5.21. The molecule has 0 unspecified atom stereocenters. The highest BCUT2D eigenvalue weighted by atomic mass is 16.5. The lowest BCUT2D eigenvalue weighted by molar-refractivity contribution is 0.0978. The SMILES string of the molecule is CCNC(=O)Nc1ccc(-c2nc3c(c(N4CCOC[C@@H]4C)n2)CCC2(CC2)O3)cc1.C[C@H]1COCCN1c1nc(-c2ccc(N)cc2)nc2c1CCC1(CC1)O2. The van der Waals surface area contributed by atoms with Crippen LogP contribution in [0.4, 0.5) is 27.8 Å². The summed E-state index contributed by atoms with van der Waals surface area (Å²) in [5, 5.41) is 5.55. The zero-order chi connectivity index (χ0) is 39.1. The molecule has 0 radical (unpaired) electrons. The maximum absolute atomic E-state index is 11.8. The molecule has 2 aromatic heterocycles.